The second-order valence-electron chi connectivity index (χ2n) is 6.93. The van der Waals surface area contributed by atoms with Gasteiger partial charge in [0.05, 0.1) is 23.9 Å². The van der Waals surface area contributed by atoms with Gasteiger partial charge in [-0.25, -0.2) is 4.98 Å². The van der Waals surface area contributed by atoms with Crippen LogP contribution in [0.2, 0.25) is 0 Å². The highest BCUT2D eigenvalue weighted by Gasteiger charge is 2.07. The van der Waals surface area contributed by atoms with Crippen molar-refractivity contribution in [2.24, 2.45) is 0 Å². The van der Waals surface area contributed by atoms with Gasteiger partial charge in [-0.1, -0.05) is 0 Å². The van der Waals surface area contributed by atoms with Crippen molar-refractivity contribution in [3.8, 4) is 22.8 Å². The minimum absolute atomic E-state index is 0.0375. The third kappa shape index (κ3) is 6.05. The summed E-state index contributed by atoms with van der Waals surface area (Å²) in [5, 5.41) is 17.3. The summed E-state index contributed by atoms with van der Waals surface area (Å²) in [7, 11) is 0. The quantitative estimate of drug-likeness (QED) is 0.176. The van der Waals surface area contributed by atoms with E-state index >= 15 is 0 Å². The molecule has 0 aliphatic carbocycles. The highest BCUT2D eigenvalue weighted by Crippen LogP contribution is 2.28. The van der Waals surface area contributed by atoms with E-state index in [4.69, 9.17) is 20.1 Å². The van der Waals surface area contributed by atoms with Crippen molar-refractivity contribution >= 4 is 17.2 Å². The molecule has 0 saturated heterocycles. The maximum absolute atomic E-state index is 8.73. The van der Waals surface area contributed by atoms with E-state index in [1.807, 2.05) is 24.5 Å². The number of ether oxygens (including phenoxy) is 2. The van der Waals surface area contributed by atoms with E-state index < -0.39 is 0 Å². The molecule has 3 N–H and O–H groups in total. The van der Waals surface area contributed by atoms with Gasteiger partial charge in [-0.15, -0.1) is 11.3 Å². The Morgan fingerprint density at radius 3 is 2.00 bits per heavy atom. The molecule has 0 aliphatic heterocycles. The molecule has 0 bridgehead atoms. The Morgan fingerprint density at radius 1 is 0.933 bits per heavy atom. The van der Waals surface area contributed by atoms with Crippen LogP contribution in [0.1, 0.15) is 34.7 Å². The number of nitrogens with zero attached hydrogens (tertiary/aromatic N) is 1. The summed E-state index contributed by atoms with van der Waals surface area (Å²) in [6, 6.07) is 15.2. The molecule has 0 atom stereocenters. The van der Waals surface area contributed by atoms with Crippen molar-refractivity contribution < 1.29 is 14.7 Å². The minimum Gasteiger partial charge on any atom is -0.494 e. The lowest BCUT2D eigenvalue weighted by molar-refractivity contribution is 0.234. The highest BCUT2D eigenvalue weighted by atomic mass is 32.1. The first-order valence-electron chi connectivity index (χ1n) is 9.96. The zero-order valence-corrected chi connectivity index (χ0v) is 18.1. The van der Waals surface area contributed by atoms with E-state index in [2.05, 4.69) is 24.0 Å². The lowest BCUT2D eigenvalue weighted by Gasteiger charge is -2.09. The number of aryl methyl sites for hydroxylation is 2. The molecule has 1 heterocycles. The van der Waals surface area contributed by atoms with Crippen LogP contribution < -0.4 is 15.0 Å². The third-order valence-corrected chi connectivity index (χ3v) is 5.50. The first-order chi connectivity index (χ1) is 14.6. The topological polar surface area (TPSA) is 87.5 Å². The van der Waals surface area contributed by atoms with Crippen LogP contribution in [0.4, 0.5) is 0 Å². The molecule has 3 aromatic rings. The first kappa shape index (κ1) is 21.8. The van der Waals surface area contributed by atoms with Crippen LogP contribution in [0.15, 0.2) is 48.5 Å². The number of benzene rings is 2. The van der Waals surface area contributed by atoms with E-state index in [0.29, 0.717) is 18.8 Å². The predicted molar refractivity (Wildman–Crippen MR) is 120 cm³/mol. The van der Waals surface area contributed by atoms with Crippen LogP contribution in [0, 0.1) is 19.3 Å². The van der Waals surface area contributed by atoms with Crippen LogP contribution in [0.3, 0.4) is 0 Å². The van der Waals surface area contributed by atoms with Gasteiger partial charge in [0, 0.05) is 16.0 Å². The van der Waals surface area contributed by atoms with Crippen LogP contribution >= 0.6 is 11.3 Å². The normalized spacial score (nSPS) is 10.6. The second kappa shape index (κ2) is 10.8. The van der Waals surface area contributed by atoms with Gasteiger partial charge in [0.25, 0.3) is 0 Å². The monoisotopic (exact) mass is 425 g/mol. The molecule has 1 aromatic heterocycles. The highest BCUT2D eigenvalue weighted by molar-refractivity contribution is 7.11. The lowest BCUT2D eigenvalue weighted by atomic mass is 10.1. The zero-order valence-electron chi connectivity index (χ0n) is 17.3. The number of nitrogens with one attached hydrogen (secondary N) is 2. The van der Waals surface area contributed by atoms with Crippen molar-refractivity contribution in [1.29, 1.82) is 5.41 Å². The zero-order chi connectivity index (χ0) is 21.3. The Bertz CT molecular complexity index is 953. The van der Waals surface area contributed by atoms with Crippen molar-refractivity contribution in [3.05, 3.63) is 64.0 Å². The third-order valence-electron chi connectivity index (χ3n) is 4.61. The SMILES string of the molecule is Cc1nc(-c2ccc(OCCCCCOc3ccc(C(=N)NO)cc3)cc2)c(C)s1. The number of aromatic nitrogens is 1. The van der Waals surface area contributed by atoms with Crippen molar-refractivity contribution in [2.45, 2.75) is 33.1 Å². The minimum atomic E-state index is -0.0375. The number of hydroxylamine groups is 1. The molecule has 2 aromatic carbocycles. The van der Waals surface area contributed by atoms with Gasteiger partial charge in [0.1, 0.15) is 17.3 Å². The molecule has 0 radical (unpaired) electrons. The van der Waals surface area contributed by atoms with Gasteiger partial charge in [-0.2, -0.15) is 0 Å². The van der Waals surface area contributed by atoms with E-state index in [0.717, 1.165) is 47.0 Å². The van der Waals surface area contributed by atoms with Gasteiger partial charge in [-0.3, -0.25) is 16.1 Å². The molecule has 0 aliphatic rings. The largest absolute Gasteiger partial charge is 0.494 e. The van der Waals surface area contributed by atoms with Crippen LogP contribution in [0.5, 0.6) is 11.5 Å². The second-order valence-corrected chi connectivity index (χ2v) is 8.34. The summed E-state index contributed by atoms with van der Waals surface area (Å²) < 4.78 is 11.5. The summed E-state index contributed by atoms with van der Waals surface area (Å²) in [5.41, 5.74) is 4.61. The lowest BCUT2D eigenvalue weighted by Crippen LogP contribution is -2.18. The van der Waals surface area contributed by atoms with Crippen LogP contribution in [0.25, 0.3) is 11.3 Å². The summed E-state index contributed by atoms with van der Waals surface area (Å²) >= 11 is 1.72. The van der Waals surface area contributed by atoms with E-state index in [9.17, 15) is 0 Å². The number of rotatable bonds is 10. The Kier molecular flexibility index (Phi) is 7.82. The van der Waals surface area contributed by atoms with E-state index in [-0.39, 0.29) is 5.84 Å². The van der Waals surface area contributed by atoms with Crippen LogP contribution in [-0.2, 0) is 0 Å². The molecule has 0 fully saturated rings. The summed E-state index contributed by atoms with van der Waals surface area (Å²) in [6.07, 6.45) is 2.93. The molecule has 0 spiro atoms. The molecule has 158 valence electrons. The van der Waals surface area contributed by atoms with Crippen LogP contribution in [-0.4, -0.2) is 29.2 Å². The Balaban J connectivity index is 1.32. The number of amidine groups is 1. The molecular weight excluding hydrogens is 398 g/mol. The fourth-order valence-corrected chi connectivity index (χ4v) is 3.89. The number of thiazole rings is 1. The molecule has 0 unspecified atom stereocenters. The van der Waals surface area contributed by atoms with Gasteiger partial charge in [0.15, 0.2) is 0 Å². The van der Waals surface area contributed by atoms with Gasteiger partial charge < -0.3 is 9.47 Å². The molecule has 0 saturated carbocycles. The number of unbranched alkanes of at least 4 members (excludes halogenated alkanes) is 2. The Morgan fingerprint density at radius 2 is 1.50 bits per heavy atom. The maximum Gasteiger partial charge on any atom is 0.149 e. The van der Waals surface area contributed by atoms with E-state index in [1.165, 1.54) is 4.88 Å². The Labute approximate surface area is 181 Å². The number of hydrogen-bond donors (Lipinski definition) is 3. The Hall–Kier alpha value is -2.90. The summed E-state index contributed by atoms with van der Waals surface area (Å²) in [5.74, 6) is 1.60. The van der Waals surface area contributed by atoms with E-state index in [1.54, 1.807) is 35.6 Å². The van der Waals surface area contributed by atoms with Crippen molar-refractivity contribution in [3.63, 3.8) is 0 Å². The maximum atomic E-state index is 8.73. The van der Waals surface area contributed by atoms with Crippen molar-refractivity contribution in [2.75, 3.05) is 13.2 Å². The molecule has 0 amide bonds. The number of hydrogen-bond acceptors (Lipinski definition) is 6. The average molecular weight is 426 g/mol. The first-order valence-corrected chi connectivity index (χ1v) is 10.8. The molecule has 30 heavy (non-hydrogen) atoms. The summed E-state index contributed by atoms with van der Waals surface area (Å²) in [4.78, 5) is 5.83. The predicted octanol–water partition coefficient (Wildman–Crippen LogP) is 5.36. The fraction of sp³-hybridized carbons (Fsp3) is 0.304. The molecule has 3 rings (SSSR count). The smallest absolute Gasteiger partial charge is 0.149 e. The molecular formula is C23H27N3O3S. The molecule has 7 heteroatoms. The summed E-state index contributed by atoms with van der Waals surface area (Å²) in [6.45, 7) is 5.45. The molecule has 6 nitrogen and oxygen atoms in total. The van der Waals surface area contributed by atoms with Gasteiger partial charge in [-0.05, 0) is 81.6 Å². The van der Waals surface area contributed by atoms with Gasteiger partial charge >= 0.3 is 0 Å². The standard InChI is InChI=1S/C23H27N3O3S/c1-16-22(25-17(2)30-16)18-6-10-20(11-7-18)28-14-4-3-5-15-29-21-12-8-19(9-13-21)23(24)26-27/h6-13,27H,3-5,14-15H2,1-2H3,(H2,24,26). The fourth-order valence-electron chi connectivity index (χ4n) is 3.05. The van der Waals surface area contributed by atoms with Crippen molar-refractivity contribution in [1.82, 2.24) is 10.5 Å². The van der Waals surface area contributed by atoms with Gasteiger partial charge in [0.2, 0.25) is 0 Å². The average Bonchev–Trinajstić information content (AvgIpc) is 3.11.